The number of pyridine rings is 2. The van der Waals surface area contributed by atoms with Gasteiger partial charge < -0.3 is 9.41 Å². The number of hydrogen-bond donors (Lipinski definition) is 0. The van der Waals surface area contributed by atoms with Crippen LogP contribution in [0.4, 0.5) is 11.5 Å². The Labute approximate surface area is 333 Å². The van der Waals surface area contributed by atoms with Crippen molar-refractivity contribution in [2.45, 2.75) is 0 Å². The van der Waals surface area contributed by atoms with E-state index in [2.05, 4.69) is 20.9 Å². The van der Waals surface area contributed by atoms with Crippen LogP contribution in [0.1, 0.15) is 26.4 Å². The number of carbonyl (C=O) groups excluding carboxylic acids is 2. The second-order valence-electron chi connectivity index (χ2n) is 13.9. The van der Waals surface area contributed by atoms with Crippen molar-refractivity contribution in [2.75, 3.05) is 4.90 Å². The molecule has 4 heterocycles. The van der Waals surface area contributed by atoms with Gasteiger partial charge in [-0.2, -0.15) is 5.26 Å². The number of hydrogen-bond acceptors (Lipinski definition) is 5. The van der Waals surface area contributed by atoms with E-state index in [0.717, 1.165) is 55.2 Å². The molecule has 0 saturated heterocycles. The number of fused-ring (bicyclic) bond motifs is 4. The number of rotatable bonds is 6. The molecule has 58 heavy (non-hydrogen) atoms. The number of amides is 2. The summed E-state index contributed by atoms with van der Waals surface area (Å²) in [6, 6.07) is 55.8. The molecule has 1 aliphatic heterocycles. The molecular weight excluding hydrogens is 717 g/mol. The average Bonchev–Trinajstić information content (AvgIpc) is 3.75. The smallest absolute Gasteiger partial charge is 0.270 e. The molecule has 6 aromatic carbocycles. The lowest BCUT2D eigenvalue weighted by atomic mass is 9.97. The second kappa shape index (κ2) is 13.7. The molecule has 8 heteroatoms. The van der Waals surface area contributed by atoms with Gasteiger partial charge in [-0.15, -0.1) is 4.98 Å². The van der Waals surface area contributed by atoms with Gasteiger partial charge in [0.2, 0.25) is 0 Å². The largest absolute Gasteiger partial charge is 0.361 e. The second-order valence-corrected chi connectivity index (χ2v) is 13.9. The Morgan fingerprint density at radius 2 is 1.14 bits per heavy atom. The van der Waals surface area contributed by atoms with Crippen LogP contribution in [0.25, 0.3) is 77.1 Å². The zero-order valence-corrected chi connectivity index (χ0v) is 30.7. The van der Waals surface area contributed by atoms with E-state index in [1.807, 2.05) is 150 Å². The van der Waals surface area contributed by atoms with E-state index in [0.29, 0.717) is 34.0 Å². The van der Waals surface area contributed by atoms with Crippen LogP contribution in [0.3, 0.4) is 0 Å². The Hall–Kier alpha value is -8.46. The highest BCUT2D eigenvalue weighted by molar-refractivity contribution is 6.36. The minimum absolute atomic E-state index is 0.281. The van der Waals surface area contributed by atoms with Gasteiger partial charge in [0.1, 0.15) is 11.8 Å². The molecule has 0 radical (unpaired) electrons. The van der Waals surface area contributed by atoms with E-state index in [4.69, 9.17) is 6.57 Å². The lowest BCUT2D eigenvalue weighted by Crippen LogP contribution is -2.30. The van der Waals surface area contributed by atoms with Crippen molar-refractivity contribution < 1.29 is 9.59 Å². The van der Waals surface area contributed by atoms with Crippen LogP contribution in [0, 0.1) is 17.9 Å². The first-order chi connectivity index (χ1) is 28.5. The fourth-order valence-electron chi connectivity index (χ4n) is 7.96. The molecule has 0 aliphatic carbocycles. The number of imide groups is 1. The van der Waals surface area contributed by atoms with Gasteiger partial charge in [-0.25, -0.2) is 9.88 Å². The molecule has 0 atom stereocenters. The summed E-state index contributed by atoms with van der Waals surface area (Å²) in [5.41, 5.74) is 9.75. The Kier molecular flexibility index (Phi) is 8.04. The summed E-state index contributed by atoms with van der Waals surface area (Å²) in [6.45, 7) is 7.54. The molecule has 8 nitrogen and oxygen atoms in total. The third kappa shape index (κ3) is 5.52. The Morgan fingerprint density at radius 1 is 0.517 bits per heavy atom. The van der Waals surface area contributed by atoms with E-state index in [1.54, 1.807) is 24.3 Å². The van der Waals surface area contributed by atoms with Crippen molar-refractivity contribution in [1.29, 1.82) is 5.26 Å². The van der Waals surface area contributed by atoms with Crippen LogP contribution in [0.15, 0.2) is 170 Å². The summed E-state index contributed by atoms with van der Waals surface area (Å²) in [5, 5.41) is 11.4. The third-order valence-corrected chi connectivity index (χ3v) is 10.6. The van der Waals surface area contributed by atoms with Crippen LogP contribution in [-0.4, -0.2) is 26.3 Å². The van der Waals surface area contributed by atoms with Crippen LogP contribution < -0.4 is 4.90 Å². The summed E-state index contributed by atoms with van der Waals surface area (Å²) in [6.07, 6.45) is 0. The number of benzene rings is 6. The minimum Gasteiger partial charge on any atom is -0.361 e. The molecule has 1 aliphatic rings. The van der Waals surface area contributed by atoms with Gasteiger partial charge in [-0.3, -0.25) is 9.59 Å². The third-order valence-electron chi connectivity index (χ3n) is 10.6. The van der Waals surface area contributed by atoms with Crippen LogP contribution in [-0.2, 0) is 0 Å². The SMILES string of the molecule is [C-]#[N+]c1cccc(-c2ccc3c4ccc(-c5cccc(C#N)n5)cc4n(-c4cccc5c4C(=O)N(c4cc(-c6ccccc6)ccc4-c4ccccc4)C5=O)c3c2)n1. The first kappa shape index (κ1) is 34.1. The lowest BCUT2D eigenvalue weighted by molar-refractivity contribution is 0.0926. The number of aromatic nitrogens is 3. The maximum Gasteiger partial charge on any atom is 0.270 e. The molecule has 0 bridgehead atoms. The monoisotopic (exact) mass is 744 g/mol. The van der Waals surface area contributed by atoms with Crippen LogP contribution in [0.5, 0.6) is 0 Å². The summed E-state index contributed by atoms with van der Waals surface area (Å²) in [7, 11) is 0. The van der Waals surface area contributed by atoms with Gasteiger partial charge in [-0.05, 0) is 77.4 Å². The summed E-state index contributed by atoms with van der Waals surface area (Å²) >= 11 is 0. The van der Waals surface area contributed by atoms with Crippen LogP contribution in [0.2, 0.25) is 0 Å². The zero-order valence-electron chi connectivity index (χ0n) is 30.7. The van der Waals surface area contributed by atoms with Crippen molar-refractivity contribution >= 4 is 45.1 Å². The number of nitrogens with zero attached hydrogens (tertiary/aromatic N) is 6. The first-order valence-corrected chi connectivity index (χ1v) is 18.6. The molecule has 9 aromatic rings. The molecular formula is C50H28N6O2. The highest BCUT2D eigenvalue weighted by Crippen LogP contribution is 2.43. The lowest BCUT2D eigenvalue weighted by Gasteiger charge is -2.20. The van der Waals surface area contributed by atoms with E-state index in [9.17, 15) is 10.1 Å². The normalized spacial score (nSPS) is 12.1. The van der Waals surface area contributed by atoms with Gasteiger partial charge in [0.05, 0.1) is 39.2 Å². The van der Waals surface area contributed by atoms with Crippen molar-refractivity contribution in [2.24, 2.45) is 0 Å². The Morgan fingerprint density at radius 3 is 1.81 bits per heavy atom. The zero-order chi connectivity index (χ0) is 39.3. The number of nitriles is 1. The van der Waals surface area contributed by atoms with Crippen molar-refractivity contribution in [3.63, 3.8) is 0 Å². The molecule has 3 aromatic heterocycles. The van der Waals surface area contributed by atoms with Crippen molar-refractivity contribution in [1.82, 2.24) is 14.5 Å². The van der Waals surface area contributed by atoms with E-state index in [1.165, 1.54) is 4.90 Å². The molecule has 0 unspecified atom stereocenters. The highest BCUT2D eigenvalue weighted by atomic mass is 16.2. The number of carbonyl (C=O) groups is 2. The van der Waals surface area contributed by atoms with Gasteiger partial charge >= 0.3 is 0 Å². The van der Waals surface area contributed by atoms with E-state index < -0.39 is 11.8 Å². The predicted octanol–water partition coefficient (Wildman–Crippen LogP) is 11.5. The predicted molar refractivity (Wildman–Crippen MR) is 227 cm³/mol. The molecule has 0 spiro atoms. The summed E-state index contributed by atoms with van der Waals surface area (Å²) in [4.78, 5) is 43.9. The first-order valence-electron chi connectivity index (χ1n) is 18.6. The maximum atomic E-state index is 15.2. The molecule has 0 N–H and O–H groups in total. The van der Waals surface area contributed by atoms with Crippen molar-refractivity contribution in [3.05, 3.63) is 198 Å². The van der Waals surface area contributed by atoms with E-state index >= 15 is 4.79 Å². The molecule has 0 saturated carbocycles. The Bertz CT molecular complexity index is 3130. The van der Waals surface area contributed by atoms with Gasteiger partial charge in [-0.1, -0.05) is 116 Å². The maximum absolute atomic E-state index is 15.2. The molecule has 270 valence electrons. The van der Waals surface area contributed by atoms with Crippen molar-refractivity contribution in [3.8, 4) is 56.5 Å². The summed E-state index contributed by atoms with van der Waals surface area (Å²) < 4.78 is 2.02. The standard InChI is InChI=1S/C50H28N6O2/c1-52-47-20-10-18-42(54-47)35-23-26-39-38-25-22-34(41-17-8-15-36(30-51)53-41)28-45(38)55(46(39)29-35)43-19-9-16-40-48(43)50(58)56(49(40)57)44-27-33(31-11-4-2-5-12-31)21-24-37(44)32-13-6-3-7-14-32/h2-29H. The topological polar surface area (TPSA) is 96.2 Å². The van der Waals surface area contributed by atoms with Gasteiger partial charge in [0.25, 0.3) is 17.6 Å². The molecule has 2 amide bonds. The summed E-state index contributed by atoms with van der Waals surface area (Å²) in [5.74, 6) is -0.564. The van der Waals surface area contributed by atoms with E-state index in [-0.39, 0.29) is 11.4 Å². The Balaban J connectivity index is 1.21. The van der Waals surface area contributed by atoms with Crippen LogP contribution >= 0.6 is 0 Å². The van der Waals surface area contributed by atoms with Gasteiger partial charge in [0, 0.05) is 27.5 Å². The molecule has 0 fully saturated rings. The highest BCUT2D eigenvalue weighted by Gasteiger charge is 2.40. The minimum atomic E-state index is -0.435. The quantitative estimate of drug-likeness (QED) is 0.125. The van der Waals surface area contributed by atoms with Gasteiger partial charge in [0.15, 0.2) is 5.69 Å². The molecule has 10 rings (SSSR count). The number of anilines is 1. The average molecular weight is 745 g/mol. The fourth-order valence-corrected chi connectivity index (χ4v) is 7.96. The fraction of sp³-hybridized carbons (Fsp3) is 0.